The number of allylic oxidation sites excluding steroid dienone is 4. The van der Waals surface area contributed by atoms with E-state index in [0.717, 1.165) is 71.1 Å². The van der Waals surface area contributed by atoms with E-state index in [2.05, 4.69) is 48.8 Å². The molecule has 18 unspecified atom stereocenters. The van der Waals surface area contributed by atoms with E-state index in [1.54, 1.807) is 0 Å². The van der Waals surface area contributed by atoms with Crippen LogP contribution in [0.25, 0.3) is 0 Å². The first kappa shape index (κ1) is 77.5. The predicted molar refractivity (Wildman–Crippen MR) is 320 cm³/mol. The van der Waals surface area contributed by atoms with Gasteiger partial charge in [0.2, 0.25) is 11.8 Å². The Balaban J connectivity index is 1.59. The largest absolute Gasteiger partial charge is 0.477 e. The van der Waals surface area contributed by atoms with Crippen LogP contribution in [0.5, 0.6) is 0 Å². The zero-order chi connectivity index (χ0) is 63.3. The van der Waals surface area contributed by atoms with Crippen molar-refractivity contribution in [2.24, 2.45) is 0 Å². The Hall–Kier alpha value is -2.79. The molecule has 0 saturated carbocycles. The number of hydrogen-bond donors (Lipinski definition) is 14. The summed E-state index contributed by atoms with van der Waals surface area (Å²) in [5.41, 5.74) is 0. The number of aliphatic hydroxyl groups is 11. The lowest BCUT2D eigenvalue weighted by atomic mass is 9.88. The van der Waals surface area contributed by atoms with Crippen LogP contribution in [0.15, 0.2) is 24.3 Å². The van der Waals surface area contributed by atoms with Crippen molar-refractivity contribution in [3.05, 3.63) is 24.3 Å². The monoisotopic (exact) mass is 1230 g/mol. The van der Waals surface area contributed by atoms with Gasteiger partial charge in [0.25, 0.3) is 5.79 Å². The lowest BCUT2D eigenvalue weighted by Gasteiger charge is -2.50. The van der Waals surface area contributed by atoms with E-state index < -0.39 is 148 Å². The first-order chi connectivity index (χ1) is 41.4. The Bertz CT molecular complexity index is 1850. The molecular weight excluding hydrogens is 1120 g/mol. The number of carbonyl (C=O) groups is 3. The smallest absolute Gasteiger partial charge is 0.364 e. The van der Waals surface area contributed by atoms with Gasteiger partial charge in [0.15, 0.2) is 12.6 Å². The minimum atomic E-state index is -3.08. The molecule has 3 rings (SSSR count). The number of unbranched alkanes of at least 4 members (excludes halogenated alkanes) is 24. The third-order valence-electron chi connectivity index (χ3n) is 16.7. The normalized spacial score (nSPS) is 29.5. The van der Waals surface area contributed by atoms with E-state index in [1.165, 1.54) is 103 Å². The highest BCUT2D eigenvalue weighted by Crippen LogP contribution is 2.38. The van der Waals surface area contributed by atoms with Crippen LogP contribution in [0.2, 0.25) is 0 Å². The van der Waals surface area contributed by atoms with Crippen LogP contribution in [-0.4, -0.2) is 215 Å². The van der Waals surface area contributed by atoms with Gasteiger partial charge in [-0.05, 0) is 38.5 Å². The first-order valence-corrected chi connectivity index (χ1v) is 32.7. The minimum absolute atomic E-state index is 0.223. The van der Waals surface area contributed by atoms with Crippen molar-refractivity contribution in [1.29, 1.82) is 0 Å². The summed E-state index contributed by atoms with van der Waals surface area (Å²) in [5.74, 6) is -6.10. The van der Waals surface area contributed by atoms with Gasteiger partial charge in [-0.15, -0.1) is 0 Å². The number of rotatable bonds is 48. The van der Waals surface area contributed by atoms with Crippen molar-refractivity contribution in [3.63, 3.8) is 0 Å². The van der Waals surface area contributed by atoms with Crippen molar-refractivity contribution in [1.82, 2.24) is 10.6 Å². The molecule has 3 aliphatic heterocycles. The van der Waals surface area contributed by atoms with Crippen LogP contribution >= 0.6 is 0 Å². The summed E-state index contributed by atoms with van der Waals surface area (Å²) in [5, 5.41) is 136. The minimum Gasteiger partial charge on any atom is -0.477 e. The summed E-state index contributed by atoms with van der Waals surface area (Å²) in [6, 6.07) is -2.53. The van der Waals surface area contributed by atoms with Crippen molar-refractivity contribution in [3.8, 4) is 0 Å². The van der Waals surface area contributed by atoms with Crippen LogP contribution < -0.4 is 10.6 Å². The van der Waals surface area contributed by atoms with Gasteiger partial charge in [-0.3, -0.25) is 9.59 Å². The molecule has 0 aromatic carbocycles. The molecule has 502 valence electrons. The number of aliphatic hydroxyl groups excluding tert-OH is 11. The zero-order valence-electron chi connectivity index (χ0n) is 51.9. The maximum absolute atomic E-state index is 13.4. The fourth-order valence-corrected chi connectivity index (χ4v) is 11.5. The molecule has 23 heteroatoms. The van der Waals surface area contributed by atoms with Crippen molar-refractivity contribution < 1.29 is 104 Å². The van der Waals surface area contributed by atoms with Gasteiger partial charge in [0, 0.05) is 19.8 Å². The summed E-state index contributed by atoms with van der Waals surface area (Å²) >= 11 is 0. The van der Waals surface area contributed by atoms with Gasteiger partial charge < -0.3 is 100 Å². The fourth-order valence-electron chi connectivity index (χ4n) is 11.5. The Kier molecular flexibility index (Phi) is 40.2. The van der Waals surface area contributed by atoms with Crippen LogP contribution in [0.3, 0.4) is 0 Å². The van der Waals surface area contributed by atoms with Gasteiger partial charge in [-0.1, -0.05) is 186 Å². The van der Waals surface area contributed by atoms with Gasteiger partial charge in [-0.25, -0.2) is 4.79 Å². The lowest BCUT2D eigenvalue weighted by Crippen LogP contribution is -2.70. The Morgan fingerprint density at radius 1 is 0.616 bits per heavy atom. The number of aliphatic carboxylic acids is 1. The van der Waals surface area contributed by atoms with E-state index in [9.17, 15) is 75.7 Å². The van der Waals surface area contributed by atoms with Gasteiger partial charge in [0.1, 0.15) is 67.1 Å². The second-order valence-electron chi connectivity index (χ2n) is 23.9. The molecule has 2 amide bonds. The predicted octanol–water partition coefficient (Wildman–Crippen LogP) is 4.50. The van der Waals surface area contributed by atoms with E-state index in [1.807, 2.05) is 0 Å². The molecule has 3 saturated heterocycles. The summed E-state index contributed by atoms with van der Waals surface area (Å²) in [7, 11) is 0. The number of carbonyl (C=O) groups excluding carboxylic acids is 2. The van der Waals surface area contributed by atoms with Gasteiger partial charge in [-0.2, -0.15) is 0 Å². The molecule has 0 spiro atoms. The molecule has 3 fully saturated rings. The highest BCUT2D eigenvalue weighted by molar-refractivity contribution is 5.77. The molecule has 0 aromatic heterocycles. The topological polar surface area (TPSA) is 373 Å². The lowest BCUT2D eigenvalue weighted by molar-refractivity contribution is -0.386. The molecule has 3 heterocycles. The SMILES string of the molecule is CC/C=C\C/C=C\CCCCCCCCCCCCCCCCC(=O)NC(COC1OC(CO)C(OC2OC(CO)C(O)C(OC3(C(=O)O)CC(O)C(NC(C)=O)C(C(O)C(O)CO)O3)C2O)C(O)C1O)C(O)CCCCCCCCCCCCC. The molecule has 0 aromatic rings. The number of carboxylic acids is 1. The number of ether oxygens (including phenoxy) is 6. The Morgan fingerprint density at radius 2 is 1.15 bits per heavy atom. The third-order valence-corrected chi connectivity index (χ3v) is 16.7. The maximum atomic E-state index is 13.4. The van der Waals surface area contributed by atoms with Crippen molar-refractivity contribution in [2.45, 2.75) is 330 Å². The highest BCUT2D eigenvalue weighted by Gasteiger charge is 2.60. The number of carboxylic acid groups (broad SMARTS) is 1. The van der Waals surface area contributed by atoms with E-state index in [-0.39, 0.29) is 18.9 Å². The summed E-state index contributed by atoms with van der Waals surface area (Å²) in [6.07, 6.45) is 12.0. The average Bonchev–Trinajstić information content (AvgIpc) is 1.18. The van der Waals surface area contributed by atoms with Crippen LogP contribution in [-0.2, 0) is 42.8 Å². The summed E-state index contributed by atoms with van der Waals surface area (Å²) in [6.45, 7) is 2.07. The molecule has 3 aliphatic rings. The zero-order valence-corrected chi connectivity index (χ0v) is 51.9. The van der Waals surface area contributed by atoms with E-state index >= 15 is 0 Å². The number of amides is 2. The second-order valence-corrected chi connectivity index (χ2v) is 23.9. The quantitative estimate of drug-likeness (QED) is 0.0294. The number of hydrogen-bond acceptors (Lipinski definition) is 20. The summed E-state index contributed by atoms with van der Waals surface area (Å²) in [4.78, 5) is 38.5. The van der Waals surface area contributed by atoms with Crippen molar-refractivity contribution >= 4 is 17.8 Å². The molecule has 86 heavy (non-hydrogen) atoms. The van der Waals surface area contributed by atoms with Crippen LogP contribution in [0.4, 0.5) is 0 Å². The maximum Gasteiger partial charge on any atom is 0.364 e. The Morgan fingerprint density at radius 3 is 1.69 bits per heavy atom. The third kappa shape index (κ3) is 27.8. The number of nitrogens with one attached hydrogen (secondary N) is 2. The molecule has 23 nitrogen and oxygen atoms in total. The molecule has 0 radical (unpaired) electrons. The molecule has 0 aliphatic carbocycles. The van der Waals surface area contributed by atoms with Gasteiger partial charge in [0.05, 0.1) is 50.7 Å². The van der Waals surface area contributed by atoms with Crippen molar-refractivity contribution in [2.75, 3.05) is 26.4 Å². The molecule has 18 atom stereocenters. The van der Waals surface area contributed by atoms with E-state index in [0.29, 0.717) is 19.3 Å². The second kappa shape index (κ2) is 44.6. The molecule has 0 bridgehead atoms. The fraction of sp³-hybridized carbons (Fsp3) is 0.889. The standard InChI is InChI=1S/C63H114N2O21/c1-4-6-8-10-12-14-16-17-18-19-20-21-22-23-24-25-27-29-31-33-35-37-50(73)65-44(45(70)36-34-32-30-28-26-15-13-11-9-7-5-2)42-81-60-55(77)54(76)57(49(41-68)83-60)84-61-56(78)59(53(75)48(40-67)82-61)86-63(62(79)80)38-46(71)51(64-43(3)69)58(85-63)52(74)47(72)39-66/h6,8,12,14,44-49,51-61,66-68,70-72,74-78H,4-5,7,9-11,13,15-42H2,1-3H3,(H,64,69)(H,65,73)(H,79,80)/b8-6-,14-12-. The van der Waals surface area contributed by atoms with Crippen LogP contribution in [0, 0.1) is 0 Å². The average molecular weight is 1240 g/mol. The summed E-state index contributed by atoms with van der Waals surface area (Å²) < 4.78 is 34.8. The molecular formula is C63H114N2O21. The molecule has 14 N–H and O–H groups in total. The first-order valence-electron chi connectivity index (χ1n) is 32.7. The van der Waals surface area contributed by atoms with Gasteiger partial charge >= 0.3 is 5.97 Å². The Labute approximate surface area is 511 Å². The van der Waals surface area contributed by atoms with Crippen LogP contribution in [0.1, 0.15) is 220 Å². The highest BCUT2D eigenvalue weighted by atomic mass is 16.8. The van der Waals surface area contributed by atoms with E-state index in [4.69, 9.17) is 28.4 Å².